The lowest BCUT2D eigenvalue weighted by molar-refractivity contribution is 0.196. The van der Waals surface area contributed by atoms with Gasteiger partial charge >= 0.3 is 0 Å². The van der Waals surface area contributed by atoms with Gasteiger partial charge in [-0.05, 0) is 48.3 Å². The Morgan fingerprint density at radius 3 is 2.66 bits per heavy atom. The van der Waals surface area contributed by atoms with Crippen molar-refractivity contribution in [1.29, 1.82) is 0 Å². The Labute approximate surface area is 193 Å². The topological polar surface area (TPSA) is 71.5 Å². The zero-order valence-corrected chi connectivity index (χ0v) is 18.9. The van der Waals surface area contributed by atoms with Gasteiger partial charge in [0, 0.05) is 39.4 Å². The fourth-order valence-corrected chi connectivity index (χ4v) is 3.74. The highest BCUT2D eigenvalue weighted by atomic mass is 32.1. The SMILES string of the molecule is COCCCNC(=S)Nc1nc(Oc2ccccc2)cc(N2CCc3ccccc3C2)n1. The summed E-state index contributed by atoms with van der Waals surface area (Å²) in [5.74, 6) is 2.37. The van der Waals surface area contributed by atoms with Gasteiger partial charge in [0.05, 0.1) is 0 Å². The number of fused-ring (bicyclic) bond motifs is 1. The minimum atomic E-state index is 0.400. The maximum absolute atomic E-state index is 6.02. The van der Waals surface area contributed by atoms with E-state index in [1.807, 2.05) is 36.4 Å². The van der Waals surface area contributed by atoms with Gasteiger partial charge in [0.25, 0.3) is 0 Å². The van der Waals surface area contributed by atoms with Crippen molar-refractivity contribution in [2.45, 2.75) is 19.4 Å². The van der Waals surface area contributed by atoms with Crippen molar-refractivity contribution in [3.63, 3.8) is 0 Å². The van der Waals surface area contributed by atoms with Crippen LogP contribution in [0.3, 0.4) is 0 Å². The van der Waals surface area contributed by atoms with Gasteiger partial charge in [0.1, 0.15) is 11.6 Å². The molecule has 1 aromatic heterocycles. The number of benzene rings is 2. The molecule has 32 heavy (non-hydrogen) atoms. The number of methoxy groups -OCH3 is 1. The van der Waals surface area contributed by atoms with Gasteiger partial charge in [-0.15, -0.1) is 0 Å². The molecule has 0 unspecified atom stereocenters. The molecule has 0 radical (unpaired) electrons. The van der Waals surface area contributed by atoms with Crippen molar-refractivity contribution in [2.24, 2.45) is 0 Å². The van der Waals surface area contributed by atoms with Crippen LogP contribution in [0.2, 0.25) is 0 Å². The summed E-state index contributed by atoms with van der Waals surface area (Å²) in [5, 5.41) is 6.71. The third-order valence-corrected chi connectivity index (χ3v) is 5.39. The second-order valence-electron chi connectivity index (χ2n) is 7.47. The molecule has 8 heteroatoms. The van der Waals surface area contributed by atoms with Gasteiger partial charge < -0.3 is 25.0 Å². The molecular weight excluding hydrogens is 422 g/mol. The van der Waals surface area contributed by atoms with Crippen molar-refractivity contribution in [3.8, 4) is 11.6 Å². The minimum Gasteiger partial charge on any atom is -0.439 e. The first kappa shape index (κ1) is 22.0. The molecule has 0 saturated heterocycles. The summed E-state index contributed by atoms with van der Waals surface area (Å²) >= 11 is 5.41. The fraction of sp³-hybridized carbons (Fsp3) is 0.292. The number of hydrogen-bond donors (Lipinski definition) is 2. The van der Waals surface area contributed by atoms with Gasteiger partial charge in [0.15, 0.2) is 5.11 Å². The summed E-state index contributed by atoms with van der Waals surface area (Å²) in [5.41, 5.74) is 2.70. The molecule has 2 aromatic carbocycles. The van der Waals surface area contributed by atoms with Crippen molar-refractivity contribution >= 4 is 29.1 Å². The lowest BCUT2D eigenvalue weighted by Crippen LogP contribution is -2.32. The van der Waals surface area contributed by atoms with Crippen molar-refractivity contribution in [3.05, 3.63) is 71.8 Å². The number of anilines is 2. The number of thiocarbonyl (C=S) groups is 1. The van der Waals surface area contributed by atoms with Gasteiger partial charge in [-0.2, -0.15) is 9.97 Å². The predicted octanol–water partition coefficient (Wildman–Crippen LogP) is 4.15. The Kier molecular flexibility index (Phi) is 7.47. The van der Waals surface area contributed by atoms with E-state index in [1.54, 1.807) is 7.11 Å². The first-order chi connectivity index (χ1) is 15.7. The van der Waals surface area contributed by atoms with Crippen LogP contribution >= 0.6 is 12.2 Å². The molecule has 0 amide bonds. The molecule has 2 N–H and O–H groups in total. The maximum atomic E-state index is 6.02. The summed E-state index contributed by atoms with van der Waals surface area (Å²) in [6, 6.07) is 20.0. The molecule has 166 valence electrons. The molecule has 3 aromatic rings. The average Bonchev–Trinajstić information content (AvgIpc) is 2.82. The first-order valence-electron chi connectivity index (χ1n) is 10.7. The van der Waals surface area contributed by atoms with E-state index in [0.717, 1.165) is 31.7 Å². The van der Waals surface area contributed by atoms with Crippen LogP contribution in [0.1, 0.15) is 17.5 Å². The van der Waals surface area contributed by atoms with E-state index >= 15 is 0 Å². The van der Waals surface area contributed by atoms with Crippen LogP contribution in [0.5, 0.6) is 11.6 Å². The molecule has 0 fully saturated rings. The van der Waals surface area contributed by atoms with Crippen molar-refractivity contribution in [1.82, 2.24) is 15.3 Å². The smallest absolute Gasteiger partial charge is 0.234 e. The third kappa shape index (κ3) is 5.93. The number of rotatable bonds is 8. The van der Waals surface area contributed by atoms with Crippen molar-refractivity contribution < 1.29 is 9.47 Å². The summed E-state index contributed by atoms with van der Waals surface area (Å²) in [6.45, 7) is 3.04. The monoisotopic (exact) mass is 449 g/mol. The molecule has 1 aliphatic heterocycles. The van der Waals surface area contributed by atoms with Crippen LogP contribution in [0.4, 0.5) is 11.8 Å². The molecule has 0 atom stereocenters. The second-order valence-corrected chi connectivity index (χ2v) is 7.88. The van der Waals surface area contributed by atoms with Crippen LogP contribution in [0.25, 0.3) is 0 Å². The number of ether oxygens (including phenoxy) is 2. The van der Waals surface area contributed by atoms with Gasteiger partial charge in [0.2, 0.25) is 11.8 Å². The molecule has 2 heterocycles. The second kappa shape index (κ2) is 10.9. The summed E-state index contributed by atoms with van der Waals surface area (Å²) in [4.78, 5) is 11.5. The molecule has 0 bridgehead atoms. The van der Waals surface area contributed by atoms with Gasteiger partial charge in [-0.1, -0.05) is 42.5 Å². The van der Waals surface area contributed by atoms with Crippen LogP contribution < -0.4 is 20.3 Å². The van der Waals surface area contributed by atoms with E-state index in [2.05, 4.69) is 44.8 Å². The zero-order chi connectivity index (χ0) is 22.2. The predicted molar refractivity (Wildman–Crippen MR) is 130 cm³/mol. The van der Waals surface area contributed by atoms with E-state index < -0.39 is 0 Å². The van der Waals surface area contributed by atoms with Crippen LogP contribution in [0, 0.1) is 0 Å². The quantitative estimate of drug-likeness (QED) is 0.393. The zero-order valence-electron chi connectivity index (χ0n) is 18.1. The maximum Gasteiger partial charge on any atom is 0.234 e. The number of hydrogen-bond acceptors (Lipinski definition) is 6. The summed E-state index contributed by atoms with van der Waals surface area (Å²) < 4.78 is 11.1. The lowest BCUT2D eigenvalue weighted by Gasteiger charge is -2.30. The largest absolute Gasteiger partial charge is 0.439 e. The molecule has 4 rings (SSSR count). The number of para-hydroxylation sites is 1. The summed E-state index contributed by atoms with van der Waals surface area (Å²) in [7, 11) is 1.68. The lowest BCUT2D eigenvalue weighted by atomic mass is 10.00. The van der Waals surface area contributed by atoms with E-state index in [9.17, 15) is 0 Å². The highest BCUT2D eigenvalue weighted by Gasteiger charge is 2.19. The Morgan fingerprint density at radius 1 is 1.06 bits per heavy atom. The number of nitrogens with zero attached hydrogens (tertiary/aromatic N) is 3. The Morgan fingerprint density at radius 2 is 1.84 bits per heavy atom. The van der Waals surface area contributed by atoms with Crippen molar-refractivity contribution in [2.75, 3.05) is 37.0 Å². The van der Waals surface area contributed by atoms with Crippen LogP contribution in [0.15, 0.2) is 60.7 Å². The van der Waals surface area contributed by atoms with Gasteiger partial charge in [-0.3, -0.25) is 0 Å². The van der Waals surface area contributed by atoms with Crippen LogP contribution in [-0.4, -0.2) is 41.9 Å². The Hall–Kier alpha value is -3.23. The fourth-order valence-electron chi connectivity index (χ4n) is 3.55. The highest BCUT2D eigenvalue weighted by Crippen LogP contribution is 2.28. The minimum absolute atomic E-state index is 0.400. The normalized spacial score (nSPS) is 12.7. The average molecular weight is 450 g/mol. The summed E-state index contributed by atoms with van der Waals surface area (Å²) in [6.07, 6.45) is 1.83. The number of aromatic nitrogens is 2. The Balaban J connectivity index is 1.54. The molecule has 0 aliphatic carbocycles. The Bertz CT molecular complexity index is 1050. The molecule has 1 aliphatic rings. The molecule has 7 nitrogen and oxygen atoms in total. The standard InChI is InChI=1S/C24H27N5O2S/c1-30-15-7-13-25-24(32)28-23-26-21(16-22(27-23)31-20-10-3-2-4-11-20)29-14-12-18-8-5-6-9-19(18)17-29/h2-6,8-11,16H,7,12-15,17H2,1H3,(H2,25,26,27,28,32). The highest BCUT2D eigenvalue weighted by molar-refractivity contribution is 7.80. The number of nitrogens with one attached hydrogen (secondary N) is 2. The third-order valence-electron chi connectivity index (χ3n) is 5.15. The van der Waals surface area contributed by atoms with E-state index in [1.165, 1.54) is 11.1 Å². The van der Waals surface area contributed by atoms with E-state index in [4.69, 9.17) is 26.7 Å². The molecular formula is C24H27N5O2S. The molecule has 0 spiro atoms. The van der Waals surface area contributed by atoms with Crippen LogP contribution in [-0.2, 0) is 17.7 Å². The molecule has 0 saturated carbocycles. The first-order valence-corrected chi connectivity index (χ1v) is 11.1. The van der Waals surface area contributed by atoms with E-state index in [0.29, 0.717) is 35.8 Å². The van der Waals surface area contributed by atoms with E-state index in [-0.39, 0.29) is 0 Å². The van der Waals surface area contributed by atoms with Gasteiger partial charge in [-0.25, -0.2) is 0 Å².